The molecule has 1 spiro atoms. The number of hydrogen-bond acceptors (Lipinski definition) is 4. The van der Waals surface area contributed by atoms with Crippen LogP contribution >= 0.6 is 0 Å². The molecule has 2 N–H and O–H groups in total. The van der Waals surface area contributed by atoms with Crippen LogP contribution in [0, 0.1) is 5.41 Å². The van der Waals surface area contributed by atoms with E-state index < -0.39 is 5.91 Å². The van der Waals surface area contributed by atoms with E-state index in [1.165, 1.54) is 18.0 Å². The van der Waals surface area contributed by atoms with E-state index in [0.717, 1.165) is 31.4 Å². The van der Waals surface area contributed by atoms with Crippen molar-refractivity contribution < 1.29 is 14.8 Å². The number of aromatic nitrogens is 1. The summed E-state index contributed by atoms with van der Waals surface area (Å²) in [5.74, 6) is -0.337. The largest absolute Gasteiger partial charge is 0.356 e. The maximum atomic E-state index is 12.5. The number of carbonyl (C=O) groups is 2. The number of rotatable bonds is 2. The minimum absolute atomic E-state index is 0.0235. The molecule has 2 heterocycles. The Morgan fingerprint density at radius 3 is 2.68 bits per heavy atom. The standard InChI is InChI=1S/C19H19N3O3/c23-17-11-19(12-21-17)6-3-13-9-14(1-2-15(13)10-19)18(24)22(25)16-4-7-20-8-5-16/h1-2,4-5,7-9,25H,3,6,10-12H2,(H,21,23)/t19-/m1/s1. The smallest absolute Gasteiger partial charge is 0.281 e. The summed E-state index contributed by atoms with van der Waals surface area (Å²) in [5.41, 5.74) is 3.17. The molecule has 1 aromatic heterocycles. The van der Waals surface area contributed by atoms with Crippen LogP contribution in [-0.4, -0.2) is 28.6 Å². The monoisotopic (exact) mass is 337 g/mol. The molecule has 0 radical (unpaired) electrons. The lowest BCUT2D eigenvalue weighted by molar-refractivity contribution is -0.119. The molecule has 1 aliphatic heterocycles. The van der Waals surface area contributed by atoms with Crippen LogP contribution in [0.3, 0.4) is 0 Å². The third-order valence-electron chi connectivity index (χ3n) is 5.24. The van der Waals surface area contributed by atoms with Crippen LogP contribution in [0.25, 0.3) is 0 Å². The van der Waals surface area contributed by atoms with E-state index in [4.69, 9.17) is 0 Å². The summed E-state index contributed by atoms with van der Waals surface area (Å²) < 4.78 is 0. The van der Waals surface area contributed by atoms with Crippen molar-refractivity contribution in [2.24, 2.45) is 5.41 Å². The van der Waals surface area contributed by atoms with Crippen molar-refractivity contribution in [1.29, 1.82) is 0 Å². The van der Waals surface area contributed by atoms with Crippen LogP contribution < -0.4 is 10.4 Å². The molecule has 1 atom stereocenters. The van der Waals surface area contributed by atoms with E-state index in [1.54, 1.807) is 18.2 Å². The number of benzene rings is 1. The third-order valence-corrected chi connectivity index (χ3v) is 5.24. The van der Waals surface area contributed by atoms with E-state index >= 15 is 0 Å². The molecular formula is C19H19N3O3. The van der Waals surface area contributed by atoms with Crippen LogP contribution in [0.4, 0.5) is 5.69 Å². The van der Waals surface area contributed by atoms with Gasteiger partial charge in [-0.25, -0.2) is 0 Å². The van der Waals surface area contributed by atoms with Crippen LogP contribution in [0.1, 0.15) is 34.3 Å². The Balaban J connectivity index is 1.56. The highest BCUT2D eigenvalue weighted by Crippen LogP contribution is 2.40. The fourth-order valence-electron chi connectivity index (χ4n) is 3.83. The first-order valence-corrected chi connectivity index (χ1v) is 8.38. The van der Waals surface area contributed by atoms with Crippen molar-refractivity contribution in [3.63, 3.8) is 0 Å². The van der Waals surface area contributed by atoms with E-state index in [1.807, 2.05) is 12.1 Å². The molecule has 4 rings (SSSR count). The lowest BCUT2D eigenvalue weighted by Crippen LogP contribution is -2.32. The average Bonchev–Trinajstić information content (AvgIpc) is 3.00. The van der Waals surface area contributed by atoms with Gasteiger partial charge in [-0.1, -0.05) is 6.07 Å². The maximum absolute atomic E-state index is 12.5. The maximum Gasteiger partial charge on any atom is 0.281 e. The van der Waals surface area contributed by atoms with Gasteiger partial charge in [-0.05, 0) is 54.7 Å². The summed E-state index contributed by atoms with van der Waals surface area (Å²) >= 11 is 0. The molecule has 1 fully saturated rings. The van der Waals surface area contributed by atoms with Gasteiger partial charge in [-0.2, -0.15) is 5.06 Å². The molecule has 2 aromatic rings. The number of fused-ring (bicyclic) bond motifs is 1. The minimum Gasteiger partial charge on any atom is -0.356 e. The second-order valence-electron chi connectivity index (χ2n) is 6.94. The summed E-state index contributed by atoms with van der Waals surface area (Å²) in [7, 11) is 0. The molecule has 2 amide bonds. The van der Waals surface area contributed by atoms with E-state index in [-0.39, 0.29) is 11.3 Å². The second kappa shape index (κ2) is 5.97. The first-order valence-electron chi connectivity index (χ1n) is 8.38. The van der Waals surface area contributed by atoms with Crippen molar-refractivity contribution in [2.45, 2.75) is 25.7 Å². The number of nitrogens with zero attached hydrogens (tertiary/aromatic N) is 2. The van der Waals surface area contributed by atoms with Gasteiger partial charge in [0.2, 0.25) is 5.91 Å². The second-order valence-corrected chi connectivity index (χ2v) is 6.94. The Labute approximate surface area is 145 Å². The Bertz CT molecular complexity index is 837. The Morgan fingerprint density at radius 1 is 1.16 bits per heavy atom. The zero-order valence-corrected chi connectivity index (χ0v) is 13.7. The molecule has 0 saturated carbocycles. The average molecular weight is 337 g/mol. The van der Waals surface area contributed by atoms with Gasteiger partial charge in [0.15, 0.2) is 0 Å². The zero-order valence-electron chi connectivity index (χ0n) is 13.7. The van der Waals surface area contributed by atoms with Gasteiger partial charge >= 0.3 is 0 Å². The Kier molecular flexibility index (Phi) is 3.77. The van der Waals surface area contributed by atoms with Gasteiger partial charge in [0.25, 0.3) is 5.91 Å². The van der Waals surface area contributed by atoms with Crippen LogP contribution in [0.2, 0.25) is 0 Å². The number of hydroxylamine groups is 1. The highest BCUT2D eigenvalue weighted by molar-refractivity contribution is 6.04. The molecule has 0 bridgehead atoms. The van der Waals surface area contributed by atoms with Gasteiger partial charge in [-0.15, -0.1) is 0 Å². The van der Waals surface area contributed by atoms with Crippen molar-refractivity contribution in [3.05, 3.63) is 59.4 Å². The SMILES string of the molecule is O=C1C[C@]2(CCc3cc(C(=O)N(O)c4ccncc4)ccc3C2)CN1. The van der Waals surface area contributed by atoms with Crippen molar-refractivity contribution in [2.75, 3.05) is 11.6 Å². The molecular weight excluding hydrogens is 318 g/mol. The first kappa shape index (κ1) is 15.8. The molecule has 2 aliphatic rings. The zero-order chi connectivity index (χ0) is 17.4. The molecule has 0 unspecified atom stereocenters. The molecule has 25 heavy (non-hydrogen) atoms. The predicted octanol–water partition coefficient (Wildman–Crippen LogP) is 2.11. The topological polar surface area (TPSA) is 82.5 Å². The molecule has 6 nitrogen and oxygen atoms in total. The number of aryl methyl sites for hydroxylation is 1. The normalized spacial score (nSPS) is 21.7. The highest BCUT2D eigenvalue weighted by Gasteiger charge is 2.40. The van der Waals surface area contributed by atoms with Crippen molar-refractivity contribution in [3.8, 4) is 0 Å². The van der Waals surface area contributed by atoms with Crippen molar-refractivity contribution in [1.82, 2.24) is 10.3 Å². The number of pyridine rings is 1. The van der Waals surface area contributed by atoms with Crippen molar-refractivity contribution >= 4 is 17.5 Å². The summed E-state index contributed by atoms with van der Waals surface area (Å²) in [4.78, 5) is 28.0. The molecule has 1 aromatic carbocycles. The summed E-state index contributed by atoms with van der Waals surface area (Å²) in [6.07, 6.45) is 6.25. The van der Waals surface area contributed by atoms with Gasteiger partial charge in [0, 0.05) is 36.3 Å². The first-order chi connectivity index (χ1) is 12.1. The quantitative estimate of drug-likeness (QED) is 0.649. The van der Waals surface area contributed by atoms with Gasteiger partial charge in [-0.3, -0.25) is 19.8 Å². The molecule has 6 heteroatoms. The number of anilines is 1. The molecule has 128 valence electrons. The predicted molar refractivity (Wildman–Crippen MR) is 91.4 cm³/mol. The minimum atomic E-state index is -0.466. The lowest BCUT2D eigenvalue weighted by Gasteiger charge is -2.33. The molecule has 1 aliphatic carbocycles. The molecule has 1 saturated heterocycles. The highest BCUT2D eigenvalue weighted by atomic mass is 16.5. The summed E-state index contributed by atoms with van der Waals surface area (Å²) in [5, 5.41) is 13.7. The van der Waals surface area contributed by atoms with E-state index in [9.17, 15) is 14.8 Å². The van der Waals surface area contributed by atoms with Crippen LogP contribution in [0.5, 0.6) is 0 Å². The Hall–Kier alpha value is -2.73. The van der Waals surface area contributed by atoms with Crippen LogP contribution in [-0.2, 0) is 17.6 Å². The number of hydrogen-bond donors (Lipinski definition) is 2. The Morgan fingerprint density at radius 2 is 1.96 bits per heavy atom. The lowest BCUT2D eigenvalue weighted by atomic mass is 9.71. The van der Waals surface area contributed by atoms with E-state index in [0.29, 0.717) is 22.7 Å². The summed E-state index contributed by atoms with van der Waals surface area (Å²) in [6.45, 7) is 0.735. The van der Waals surface area contributed by atoms with E-state index in [2.05, 4.69) is 10.3 Å². The van der Waals surface area contributed by atoms with Gasteiger partial charge in [0.1, 0.15) is 0 Å². The van der Waals surface area contributed by atoms with Gasteiger partial charge in [0.05, 0.1) is 5.69 Å². The number of amides is 2. The number of nitrogens with one attached hydrogen (secondary N) is 1. The fraction of sp³-hybridized carbons (Fsp3) is 0.316. The summed E-state index contributed by atoms with van der Waals surface area (Å²) in [6, 6.07) is 8.70. The number of carbonyl (C=O) groups excluding carboxylic acids is 2. The van der Waals surface area contributed by atoms with Gasteiger partial charge < -0.3 is 5.32 Å². The van der Waals surface area contributed by atoms with Crippen LogP contribution in [0.15, 0.2) is 42.7 Å². The third kappa shape index (κ3) is 2.89. The fourth-order valence-corrected chi connectivity index (χ4v) is 3.83.